The monoisotopic (exact) mass is 279 g/mol. The van der Waals surface area contributed by atoms with Gasteiger partial charge in [-0.3, -0.25) is 4.79 Å². The second kappa shape index (κ2) is 5.69. The molecule has 1 saturated heterocycles. The number of hydrogen-bond acceptors (Lipinski definition) is 2. The first-order valence-corrected chi connectivity index (χ1v) is 6.94. The minimum absolute atomic E-state index is 0.0515. The summed E-state index contributed by atoms with van der Waals surface area (Å²) in [5.74, 6) is -1.68. The molecule has 3 nitrogen and oxygen atoms in total. The molecule has 110 valence electrons. The molecule has 0 spiro atoms. The van der Waals surface area contributed by atoms with Gasteiger partial charge in [0.1, 0.15) is 0 Å². The van der Waals surface area contributed by atoms with E-state index in [0.29, 0.717) is 13.0 Å². The number of aliphatic hydroxyl groups excluding tert-OH is 1. The maximum atomic E-state index is 13.1. The van der Waals surface area contributed by atoms with E-state index in [-0.39, 0.29) is 25.2 Å². The van der Waals surface area contributed by atoms with Gasteiger partial charge in [-0.05, 0) is 32.1 Å². The summed E-state index contributed by atoms with van der Waals surface area (Å²) in [6.45, 7) is 0.392. The quantitative estimate of drug-likeness (QED) is 0.801. The largest absolute Gasteiger partial charge is 0.393 e. The molecule has 0 bridgehead atoms. The molecule has 1 aliphatic carbocycles. The van der Waals surface area contributed by atoms with Gasteiger partial charge < -0.3 is 10.0 Å². The van der Waals surface area contributed by atoms with Crippen LogP contribution in [0.4, 0.5) is 13.2 Å². The molecule has 3 atom stereocenters. The number of nitrogens with zero attached hydrogens (tertiary/aromatic N) is 1. The average Bonchev–Trinajstić information content (AvgIpc) is 2.52. The predicted octanol–water partition coefficient (Wildman–Crippen LogP) is 2.48. The first-order chi connectivity index (χ1) is 8.89. The van der Waals surface area contributed by atoms with Gasteiger partial charge in [-0.25, -0.2) is 0 Å². The number of alkyl halides is 3. The van der Waals surface area contributed by atoms with Crippen LogP contribution in [-0.4, -0.2) is 40.8 Å². The fourth-order valence-corrected chi connectivity index (χ4v) is 3.21. The summed E-state index contributed by atoms with van der Waals surface area (Å²) in [6.07, 6.45) is -2.16. The van der Waals surface area contributed by atoms with E-state index in [1.165, 1.54) is 4.90 Å². The van der Waals surface area contributed by atoms with Gasteiger partial charge in [-0.2, -0.15) is 13.2 Å². The Kier molecular flexibility index (Phi) is 4.38. The van der Waals surface area contributed by atoms with E-state index in [1.807, 2.05) is 0 Å². The lowest BCUT2D eigenvalue weighted by Crippen LogP contribution is -2.52. The second-order valence-corrected chi connectivity index (χ2v) is 5.58. The lowest BCUT2D eigenvalue weighted by Gasteiger charge is -2.41. The molecule has 3 unspecified atom stereocenters. The zero-order valence-corrected chi connectivity index (χ0v) is 10.8. The Morgan fingerprint density at radius 3 is 2.58 bits per heavy atom. The van der Waals surface area contributed by atoms with Crippen LogP contribution in [0.3, 0.4) is 0 Å². The Morgan fingerprint density at radius 2 is 1.89 bits per heavy atom. The van der Waals surface area contributed by atoms with Crippen LogP contribution in [0.5, 0.6) is 0 Å². The van der Waals surface area contributed by atoms with Gasteiger partial charge in [0.25, 0.3) is 0 Å². The van der Waals surface area contributed by atoms with Crippen LogP contribution in [-0.2, 0) is 4.79 Å². The molecule has 0 aromatic rings. The summed E-state index contributed by atoms with van der Waals surface area (Å²) in [6, 6.07) is -0.880. The molecule has 1 N–H and O–H groups in total. The van der Waals surface area contributed by atoms with Gasteiger partial charge in [0, 0.05) is 19.0 Å². The molecule has 2 fully saturated rings. The zero-order valence-electron chi connectivity index (χ0n) is 10.8. The molecule has 1 saturated carbocycles. The van der Waals surface area contributed by atoms with E-state index in [0.717, 1.165) is 19.3 Å². The van der Waals surface area contributed by atoms with E-state index in [2.05, 4.69) is 0 Å². The summed E-state index contributed by atoms with van der Waals surface area (Å²) < 4.78 is 39.2. The summed E-state index contributed by atoms with van der Waals surface area (Å²) >= 11 is 0. The van der Waals surface area contributed by atoms with Crippen molar-refractivity contribution in [3.05, 3.63) is 0 Å². The van der Waals surface area contributed by atoms with Crippen molar-refractivity contribution >= 4 is 5.91 Å². The molecule has 1 aliphatic heterocycles. The van der Waals surface area contributed by atoms with Crippen LogP contribution in [0.25, 0.3) is 0 Å². The van der Waals surface area contributed by atoms with Crippen molar-refractivity contribution in [1.82, 2.24) is 4.90 Å². The van der Waals surface area contributed by atoms with Gasteiger partial charge in [-0.15, -0.1) is 0 Å². The van der Waals surface area contributed by atoms with Crippen molar-refractivity contribution in [2.75, 3.05) is 6.54 Å². The summed E-state index contributed by atoms with van der Waals surface area (Å²) in [4.78, 5) is 13.4. The number of amides is 1. The first kappa shape index (κ1) is 14.6. The zero-order chi connectivity index (χ0) is 14.0. The van der Waals surface area contributed by atoms with E-state index in [1.54, 1.807) is 0 Å². The highest BCUT2D eigenvalue weighted by Crippen LogP contribution is 2.40. The van der Waals surface area contributed by atoms with Crippen molar-refractivity contribution in [1.29, 1.82) is 0 Å². The third kappa shape index (κ3) is 3.41. The standard InChI is InChI=1S/C13H20F3NO2/c14-13(15,16)10-6-5-9(18)8-11(10)17-7-3-1-2-4-12(17)19/h9-11,18H,1-8H2. The van der Waals surface area contributed by atoms with E-state index < -0.39 is 24.2 Å². The SMILES string of the molecule is O=C1CCCCCN1C1CC(O)CCC1C(F)(F)F. The van der Waals surface area contributed by atoms with Crippen molar-refractivity contribution in [2.45, 2.75) is 63.3 Å². The summed E-state index contributed by atoms with van der Waals surface area (Å²) in [5.41, 5.74) is 0. The Bertz CT molecular complexity index is 332. The topological polar surface area (TPSA) is 40.5 Å². The molecular formula is C13H20F3NO2. The Balaban J connectivity index is 2.18. The van der Waals surface area contributed by atoms with Gasteiger partial charge in [0.2, 0.25) is 5.91 Å². The van der Waals surface area contributed by atoms with Crippen molar-refractivity contribution in [3.63, 3.8) is 0 Å². The highest BCUT2D eigenvalue weighted by Gasteiger charge is 2.49. The molecule has 1 heterocycles. The first-order valence-electron chi connectivity index (χ1n) is 6.94. The molecule has 2 rings (SSSR count). The number of hydrogen-bond donors (Lipinski definition) is 1. The average molecular weight is 279 g/mol. The number of rotatable bonds is 1. The third-order valence-corrected chi connectivity index (χ3v) is 4.22. The minimum atomic E-state index is -4.29. The van der Waals surface area contributed by atoms with E-state index >= 15 is 0 Å². The second-order valence-electron chi connectivity index (χ2n) is 5.58. The van der Waals surface area contributed by atoms with Crippen molar-refractivity contribution < 1.29 is 23.1 Å². The molecule has 0 radical (unpaired) electrons. The van der Waals surface area contributed by atoms with Crippen LogP contribution in [0.15, 0.2) is 0 Å². The number of carbonyl (C=O) groups is 1. The Hall–Kier alpha value is -0.780. The fourth-order valence-electron chi connectivity index (χ4n) is 3.21. The van der Waals surface area contributed by atoms with Crippen LogP contribution >= 0.6 is 0 Å². The summed E-state index contributed by atoms with van der Waals surface area (Å²) in [5, 5.41) is 9.65. The summed E-state index contributed by atoms with van der Waals surface area (Å²) in [7, 11) is 0. The molecule has 0 aromatic heterocycles. The Morgan fingerprint density at radius 1 is 1.16 bits per heavy atom. The number of likely N-dealkylation sites (tertiary alicyclic amines) is 1. The van der Waals surface area contributed by atoms with Crippen LogP contribution in [0.2, 0.25) is 0 Å². The van der Waals surface area contributed by atoms with Crippen LogP contribution < -0.4 is 0 Å². The van der Waals surface area contributed by atoms with Crippen molar-refractivity contribution in [3.8, 4) is 0 Å². The normalized spacial score (nSPS) is 34.2. The predicted molar refractivity (Wildman–Crippen MR) is 63.4 cm³/mol. The molecule has 6 heteroatoms. The van der Waals surface area contributed by atoms with Gasteiger partial charge in [0.05, 0.1) is 12.0 Å². The van der Waals surface area contributed by atoms with Crippen molar-refractivity contribution in [2.24, 2.45) is 5.92 Å². The van der Waals surface area contributed by atoms with Gasteiger partial charge in [-0.1, -0.05) is 6.42 Å². The fraction of sp³-hybridized carbons (Fsp3) is 0.923. The number of carbonyl (C=O) groups excluding carboxylic acids is 1. The third-order valence-electron chi connectivity index (χ3n) is 4.22. The minimum Gasteiger partial charge on any atom is -0.393 e. The maximum Gasteiger partial charge on any atom is 0.393 e. The van der Waals surface area contributed by atoms with E-state index in [9.17, 15) is 23.1 Å². The van der Waals surface area contributed by atoms with Crippen LogP contribution in [0, 0.1) is 5.92 Å². The highest BCUT2D eigenvalue weighted by molar-refractivity contribution is 5.76. The van der Waals surface area contributed by atoms with Gasteiger partial charge >= 0.3 is 6.18 Å². The lowest BCUT2D eigenvalue weighted by atomic mass is 9.81. The van der Waals surface area contributed by atoms with Crippen LogP contribution in [0.1, 0.15) is 44.9 Å². The molecular weight excluding hydrogens is 259 g/mol. The molecule has 0 aromatic carbocycles. The molecule has 1 amide bonds. The number of aliphatic hydroxyl groups is 1. The van der Waals surface area contributed by atoms with E-state index in [4.69, 9.17) is 0 Å². The van der Waals surface area contributed by atoms with Gasteiger partial charge in [0.15, 0.2) is 0 Å². The maximum absolute atomic E-state index is 13.1. The number of halogens is 3. The highest BCUT2D eigenvalue weighted by atomic mass is 19.4. The molecule has 19 heavy (non-hydrogen) atoms. The Labute approximate surface area is 110 Å². The lowest BCUT2D eigenvalue weighted by molar-refractivity contribution is -0.205. The molecule has 2 aliphatic rings. The smallest absolute Gasteiger partial charge is 0.393 e.